The molecule has 0 aliphatic carbocycles. The number of nitrogens with one attached hydrogen (secondary N) is 1. The second-order valence-corrected chi connectivity index (χ2v) is 8.45. The van der Waals surface area contributed by atoms with Gasteiger partial charge in [-0.05, 0) is 37.1 Å². The highest BCUT2D eigenvalue weighted by Gasteiger charge is 2.31. The number of hydrogen-bond acceptors (Lipinski definition) is 6. The lowest BCUT2D eigenvalue weighted by Gasteiger charge is -2.13. The first-order chi connectivity index (χ1) is 12.9. The lowest BCUT2D eigenvalue weighted by molar-refractivity contribution is -0.122. The van der Waals surface area contributed by atoms with E-state index in [-0.39, 0.29) is 18.2 Å². The van der Waals surface area contributed by atoms with E-state index in [0.717, 1.165) is 10.0 Å². The first-order valence-corrected chi connectivity index (χ1v) is 10.2. The molecule has 1 fully saturated rings. The average molecular weight is 466 g/mol. The van der Waals surface area contributed by atoms with Crippen molar-refractivity contribution < 1.29 is 14.1 Å². The maximum Gasteiger partial charge on any atom is 0.266 e. The molecule has 1 aromatic heterocycles. The molecular formula is C18H16BrN3O3S2. The molecule has 9 heteroatoms. The van der Waals surface area contributed by atoms with Gasteiger partial charge in [-0.2, -0.15) is 0 Å². The molecule has 0 radical (unpaired) electrons. The molecule has 0 atom stereocenters. The summed E-state index contributed by atoms with van der Waals surface area (Å²) in [6, 6.07) is 9.33. The standard InChI is InChI=1S/C18H16BrN3O3S2/c1-11-9-15(21-25-11)20-16(23)3-2-8-22-17(24)14(27-18(22)26)10-12-4-6-13(19)7-5-12/h4-7,9-10H,2-3,8H2,1H3,(H,20,21,23). The van der Waals surface area contributed by atoms with Crippen molar-refractivity contribution in [1.82, 2.24) is 10.1 Å². The highest BCUT2D eigenvalue weighted by molar-refractivity contribution is 9.10. The number of aromatic nitrogens is 1. The largest absolute Gasteiger partial charge is 0.360 e. The molecule has 2 aromatic rings. The molecule has 2 amide bonds. The summed E-state index contributed by atoms with van der Waals surface area (Å²) in [6.45, 7) is 2.15. The topological polar surface area (TPSA) is 75.4 Å². The third-order valence-corrected chi connectivity index (χ3v) is 5.63. The molecule has 27 heavy (non-hydrogen) atoms. The summed E-state index contributed by atoms with van der Waals surface area (Å²) in [4.78, 5) is 26.6. The van der Waals surface area contributed by atoms with Gasteiger partial charge in [-0.1, -0.05) is 57.2 Å². The molecule has 0 unspecified atom stereocenters. The molecule has 1 aliphatic heterocycles. The number of nitrogens with zero attached hydrogens (tertiary/aromatic N) is 2. The minimum Gasteiger partial charge on any atom is -0.360 e. The van der Waals surface area contributed by atoms with Crippen LogP contribution in [0.3, 0.4) is 0 Å². The number of carbonyl (C=O) groups excluding carboxylic acids is 2. The Bertz CT molecular complexity index is 909. The molecular weight excluding hydrogens is 450 g/mol. The van der Waals surface area contributed by atoms with Crippen molar-refractivity contribution >= 4 is 67.9 Å². The Labute approximate surface area is 174 Å². The molecule has 1 aliphatic rings. The summed E-state index contributed by atoms with van der Waals surface area (Å²) in [7, 11) is 0. The fourth-order valence-electron chi connectivity index (χ4n) is 2.43. The van der Waals surface area contributed by atoms with E-state index in [1.165, 1.54) is 16.7 Å². The summed E-state index contributed by atoms with van der Waals surface area (Å²) in [5, 5.41) is 6.37. The number of benzene rings is 1. The summed E-state index contributed by atoms with van der Waals surface area (Å²) in [5.74, 6) is 0.709. The van der Waals surface area contributed by atoms with Gasteiger partial charge in [-0.3, -0.25) is 14.5 Å². The summed E-state index contributed by atoms with van der Waals surface area (Å²) < 4.78 is 6.39. The number of amides is 2. The van der Waals surface area contributed by atoms with Gasteiger partial charge in [-0.25, -0.2) is 0 Å². The lowest BCUT2D eigenvalue weighted by atomic mass is 10.2. The van der Waals surface area contributed by atoms with Crippen molar-refractivity contribution in [2.45, 2.75) is 19.8 Å². The van der Waals surface area contributed by atoms with Crippen LogP contribution in [-0.2, 0) is 9.59 Å². The SMILES string of the molecule is Cc1cc(NC(=O)CCCN2C(=O)C(=Cc3ccc(Br)cc3)SC2=S)no1. The van der Waals surface area contributed by atoms with Crippen molar-refractivity contribution in [3.8, 4) is 0 Å². The van der Waals surface area contributed by atoms with Crippen molar-refractivity contribution in [1.29, 1.82) is 0 Å². The maximum absolute atomic E-state index is 12.6. The summed E-state index contributed by atoms with van der Waals surface area (Å²) >= 11 is 9.98. The highest BCUT2D eigenvalue weighted by Crippen LogP contribution is 2.32. The number of thioether (sulfide) groups is 1. The van der Waals surface area contributed by atoms with Crippen molar-refractivity contribution in [2.75, 3.05) is 11.9 Å². The molecule has 1 saturated heterocycles. The molecule has 0 bridgehead atoms. The molecule has 1 N–H and O–H groups in total. The van der Waals surface area contributed by atoms with Gasteiger partial charge in [0.25, 0.3) is 5.91 Å². The third kappa shape index (κ3) is 5.27. The van der Waals surface area contributed by atoms with Crippen LogP contribution < -0.4 is 5.32 Å². The van der Waals surface area contributed by atoms with Gasteiger partial charge in [-0.15, -0.1) is 0 Å². The van der Waals surface area contributed by atoms with Gasteiger partial charge < -0.3 is 9.84 Å². The number of rotatable bonds is 6. The normalized spacial score (nSPS) is 15.6. The van der Waals surface area contributed by atoms with Crippen LogP contribution in [0.25, 0.3) is 6.08 Å². The Balaban J connectivity index is 1.53. The quantitative estimate of drug-likeness (QED) is 0.504. The smallest absolute Gasteiger partial charge is 0.266 e. The Morgan fingerprint density at radius 3 is 2.81 bits per heavy atom. The van der Waals surface area contributed by atoms with Gasteiger partial charge in [0.2, 0.25) is 5.91 Å². The van der Waals surface area contributed by atoms with E-state index in [1.54, 1.807) is 13.0 Å². The minimum absolute atomic E-state index is 0.125. The van der Waals surface area contributed by atoms with Crippen LogP contribution in [0, 0.1) is 6.92 Å². The Morgan fingerprint density at radius 1 is 1.41 bits per heavy atom. The van der Waals surface area contributed by atoms with E-state index in [0.29, 0.717) is 33.8 Å². The summed E-state index contributed by atoms with van der Waals surface area (Å²) in [5.41, 5.74) is 0.931. The second-order valence-electron chi connectivity index (χ2n) is 5.86. The first kappa shape index (κ1) is 19.8. The zero-order chi connectivity index (χ0) is 19.4. The first-order valence-electron chi connectivity index (χ1n) is 8.16. The van der Waals surface area contributed by atoms with Gasteiger partial charge in [0.15, 0.2) is 5.82 Å². The van der Waals surface area contributed by atoms with Crippen LogP contribution in [0.4, 0.5) is 5.82 Å². The van der Waals surface area contributed by atoms with Gasteiger partial charge >= 0.3 is 0 Å². The number of carbonyl (C=O) groups is 2. The molecule has 140 valence electrons. The van der Waals surface area contributed by atoms with Crippen LogP contribution in [0.1, 0.15) is 24.2 Å². The van der Waals surface area contributed by atoms with Gasteiger partial charge in [0, 0.05) is 23.5 Å². The van der Waals surface area contributed by atoms with E-state index >= 15 is 0 Å². The zero-order valence-electron chi connectivity index (χ0n) is 14.4. The number of aryl methyl sites for hydroxylation is 1. The van der Waals surface area contributed by atoms with Crippen molar-refractivity contribution in [3.63, 3.8) is 0 Å². The van der Waals surface area contributed by atoms with Crippen LogP contribution in [0.5, 0.6) is 0 Å². The number of anilines is 1. The number of thiocarbonyl (C=S) groups is 1. The van der Waals surface area contributed by atoms with Crippen LogP contribution in [0.2, 0.25) is 0 Å². The fourth-order valence-corrected chi connectivity index (χ4v) is 4.00. The zero-order valence-corrected chi connectivity index (χ0v) is 17.6. The molecule has 0 spiro atoms. The van der Waals surface area contributed by atoms with E-state index < -0.39 is 0 Å². The number of hydrogen-bond donors (Lipinski definition) is 1. The predicted molar refractivity (Wildman–Crippen MR) is 113 cm³/mol. The average Bonchev–Trinajstić information content (AvgIpc) is 3.14. The van der Waals surface area contributed by atoms with Crippen molar-refractivity contribution in [2.24, 2.45) is 0 Å². The van der Waals surface area contributed by atoms with Gasteiger partial charge in [0.1, 0.15) is 10.1 Å². The van der Waals surface area contributed by atoms with E-state index in [4.69, 9.17) is 16.7 Å². The van der Waals surface area contributed by atoms with E-state index in [9.17, 15) is 9.59 Å². The highest BCUT2D eigenvalue weighted by atomic mass is 79.9. The maximum atomic E-state index is 12.6. The lowest BCUT2D eigenvalue weighted by Crippen LogP contribution is -2.29. The Hall–Kier alpha value is -1.97. The van der Waals surface area contributed by atoms with Crippen LogP contribution in [0.15, 0.2) is 44.2 Å². The molecule has 1 aromatic carbocycles. The van der Waals surface area contributed by atoms with Gasteiger partial charge in [0.05, 0.1) is 4.91 Å². The molecule has 3 rings (SSSR count). The molecule has 2 heterocycles. The third-order valence-electron chi connectivity index (χ3n) is 3.72. The predicted octanol–water partition coefficient (Wildman–Crippen LogP) is 4.37. The van der Waals surface area contributed by atoms with E-state index in [2.05, 4.69) is 26.4 Å². The van der Waals surface area contributed by atoms with Crippen LogP contribution >= 0.6 is 39.9 Å². The Kier molecular flexibility index (Phi) is 6.46. The van der Waals surface area contributed by atoms with E-state index in [1.807, 2.05) is 30.3 Å². The number of halogens is 1. The van der Waals surface area contributed by atoms with Crippen LogP contribution in [-0.4, -0.2) is 32.7 Å². The monoisotopic (exact) mass is 465 g/mol. The minimum atomic E-state index is -0.181. The molecule has 6 nitrogen and oxygen atoms in total. The Morgan fingerprint density at radius 2 is 2.15 bits per heavy atom. The molecule has 0 saturated carbocycles. The fraction of sp³-hybridized carbons (Fsp3) is 0.222. The second kappa shape index (κ2) is 8.81. The summed E-state index contributed by atoms with van der Waals surface area (Å²) in [6.07, 6.45) is 2.58. The van der Waals surface area contributed by atoms with Crippen molar-refractivity contribution in [3.05, 3.63) is 51.0 Å².